The summed E-state index contributed by atoms with van der Waals surface area (Å²) in [6, 6.07) is 2.66. The minimum absolute atomic E-state index is 0.396. The van der Waals surface area contributed by atoms with Crippen LogP contribution in [0.15, 0.2) is 12.4 Å². The monoisotopic (exact) mass is 463 g/mol. The van der Waals surface area contributed by atoms with Crippen molar-refractivity contribution in [2.75, 3.05) is 0 Å². The van der Waals surface area contributed by atoms with Gasteiger partial charge in [-0.2, -0.15) is 10.4 Å². The Morgan fingerprint density at radius 2 is 1.85 bits per heavy atom. The van der Waals surface area contributed by atoms with Crippen LogP contribution in [-0.2, 0) is 0 Å². The molecule has 3 heteroatoms. The molecule has 0 unspecified atom stereocenters. The molecule has 9 atom stereocenters. The first-order valence-electron chi connectivity index (χ1n) is 14.9. The summed E-state index contributed by atoms with van der Waals surface area (Å²) in [6.07, 6.45) is 24.1. The summed E-state index contributed by atoms with van der Waals surface area (Å²) in [6.45, 7) is 9.79. The third-order valence-corrected chi connectivity index (χ3v) is 11.9. The van der Waals surface area contributed by atoms with Crippen LogP contribution in [0.3, 0.4) is 0 Å². The molecule has 1 heterocycles. The summed E-state index contributed by atoms with van der Waals surface area (Å²) in [5.41, 5.74) is 1.83. The second kappa shape index (κ2) is 9.63. The van der Waals surface area contributed by atoms with E-state index in [0.717, 1.165) is 29.6 Å². The largest absolute Gasteiger partial charge is 0.268 e. The molecule has 4 aliphatic carbocycles. The number of hydrogen-bond donors (Lipinski definition) is 0. The van der Waals surface area contributed by atoms with Crippen molar-refractivity contribution in [3.8, 4) is 6.07 Å². The number of unbranched alkanes of at least 4 members (excludes halogenated alkanes) is 1. The van der Waals surface area contributed by atoms with Gasteiger partial charge in [-0.1, -0.05) is 40.0 Å². The lowest BCUT2D eigenvalue weighted by Gasteiger charge is -2.58. The highest BCUT2D eigenvalue weighted by atomic mass is 15.3. The highest BCUT2D eigenvalue weighted by Crippen LogP contribution is 2.67. The second-order valence-corrected chi connectivity index (χ2v) is 13.3. The zero-order valence-corrected chi connectivity index (χ0v) is 22.4. The molecule has 4 saturated carbocycles. The molecule has 3 nitrogen and oxygen atoms in total. The lowest BCUT2D eigenvalue weighted by molar-refractivity contribution is -0.0866. The van der Waals surface area contributed by atoms with E-state index in [-0.39, 0.29) is 0 Å². The Labute approximate surface area is 209 Å². The number of fused-ring (bicyclic) bond motifs is 5. The maximum absolute atomic E-state index is 9.26. The first kappa shape index (κ1) is 24.4. The van der Waals surface area contributed by atoms with Gasteiger partial charge in [-0.15, -0.1) is 0 Å². The first-order chi connectivity index (χ1) is 16.4. The van der Waals surface area contributed by atoms with E-state index in [1.165, 1.54) is 83.5 Å². The molecule has 1 aromatic heterocycles. The Bertz CT molecular complexity index is 881. The Morgan fingerprint density at radius 1 is 1.03 bits per heavy atom. The standard InChI is InChI=1S/C31H49N3/c1-5-7-15-31(14-6-2)17-13-25-24(18-31)8-9-27-26(25)12-16-30(4)28(10-11-29(27)30)22(3)34-21-23(19-32)20-33-34/h20-22,24-29H,5-18H2,1-4H3/t22-,24-,25+,26-,27-,28-,29+,30-,31+/m1/s1. The molecule has 4 aliphatic rings. The number of aromatic nitrogens is 2. The van der Waals surface area contributed by atoms with Gasteiger partial charge in [-0.05, 0) is 124 Å². The molecule has 1 aromatic rings. The van der Waals surface area contributed by atoms with Crippen LogP contribution < -0.4 is 0 Å². The van der Waals surface area contributed by atoms with Crippen LogP contribution in [0.4, 0.5) is 0 Å². The highest BCUT2D eigenvalue weighted by molar-refractivity contribution is 5.22. The molecule has 0 radical (unpaired) electrons. The normalized spacial score (nSPS) is 42.3. The van der Waals surface area contributed by atoms with Gasteiger partial charge in [0.15, 0.2) is 0 Å². The van der Waals surface area contributed by atoms with Crippen molar-refractivity contribution < 1.29 is 0 Å². The molecule has 0 amide bonds. The van der Waals surface area contributed by atoms with Crippen LogP contribution >= 0.6 is 0 Å². The van der Waals surface area contributed by atoms with E-state index in [1.54, 1.807) is 12.6 Å². The summed E-state index contributed by atoms with van der Waals surface area (Å²) < 4.78 is 2.10. The van der Waals surface area contributed by atoms with Crippen LogP contribution in [-0.4, -0.2) is 9.78 Å². The zero-order chi connectivity index (χ0) is 23.9. The van der Waals surface area contributed by atoms with Crippen molar-refractivity contribution in [3.63, 3.8) is 0 Å². The van der Waals surface area contributed by atoms with Crippen molar-refractivity contribution in [2.45, 2.75) is 124 Å². The molecule has 0 aliphatic heterocycles. The molecular weight excluding hydrogens is 414 g/mol. The molecule has 5 rings (SSSR count). The van der Waals surface area contributed by atoms with Crippen LogP contribution in [0, 0.1) is 57.7 Å². The Kier molecular flexibility index (Phi) is 6.91. The lowest BCUT2D eigenvalue weighted by atomic mass is 9.47. The van der Waals surface area contributed by atoms with Crippen LogP contribution in [0.5, 0.6) is 0 Å². The van der Waals surface area contributed by atoms with E-state index >= 15 is 0 Å². The molecule has 0 spiro atoms. The number of nitrogens with zero attached hydrogens (tertiary/aromatic N) is 3. The molecule has 0 N–H and O–H groups in total. The quantitative estimate of drug-likeness (QED) is 0.406. The molecule has 34 heavy (non-hydrogen) atoms. The number of hydrogen-bond acceptors (Lipinski definition) is 2. The van der Waals surface area contributed by atoms with Gasteiger partial charge in [-0.25, -0.2) is 0 Å². The smallest absolute Gasteiger partial charge is 0.102 e. The van der Waals surface area contributed by atoms with Gasteiger partial charge >= 0.3 is 0 Å². The second-order valence-electron chi connectivity index (χ2n) is 13.3. The molecular formula is C31H49N3. The average Bonchev–Trinajstić information content (AvgIpc) is 3.46. The SMILES string of the molecule is CCCC[C@@]1(CCC)CC[C@H]2[C@H](CC[C@@H]3[C@@H]2CC[C@]2(C)[C@@H]([C@@H](C)n4cc(C#N)cn4)CC[C@@H]32)C1. The Balaban J connectivity index is 1.29. The topological polar surface area (TPSA) is 41.6 Å². The maximum Gasteiger partial charge on any atom is 0.102 e. The van der Waals surface area contributed by atoms with Gasteiger partial charge in [0.25, 0.3) is 0 Å². The van der Waals surface area contributed by atoms with E-state index in [2.05, 4.69) is 43.5 Å². The third kappa shape index (κ3) is 4.06. The predicted octanol–water partition coefficient (Wildman–Crippen LogP) is 8.56. The average molecular weight is 464 g/mol. The van der Waals surface area contributed by atoms with Crippen LogP contribution in [0.25, 0.3) is 0 Å². The van der Waals surface area contributed by atoms with E-state index < -0.39 is 0 Å². The molecule has 188 valence electrons. The van der Waals surface area contributed by atoms with Gasteiger partial charge in [-0.3, -0.25) is 4.68 Å². The fraction of sp³-hybridized carbons (Fsp3) is 0.871. The van der Waals surface area contributed by atoms with Crippen molar-refractivity contribution in [1.29, 1.82) is 5.26 Å². The molecule has 0 bridgehead atoms. The first-order valence-corrected chi connectivity index (χ1v) is 14.9. The van der Waals surface area contributed by atoms with E-state index in [0.29, 0.717) is 28.4 Å². The molecule has 4 fully saturated rings. The minimum atomic E-state index is 0.396. The fourth-order valence-electron chi connectivity index (χ4n) is 10.4. The van der Waals surface area contributed by atoms with Crippen molar-refractivity contribution in [2.24, 2.45) is 46.3 Å². The maximum atomic E-state index is 9.26. The van der Waals surface area contributed by atoms with Gasteiger partial charge in [0, 0.05) is 6.20 Å². The van der Waals surface area contributed by atoms with Crippen molar-refractivity contribution >= 4 is 0 Å². The van der Waals surface area contributed by atoms with Gasteiger partial charge in [0.05, 0.1) is 17.8 Å². The summed E-state index contributed by atoms with van der Waals surface area (Å²) in [7, 11) is 0. The summed E-state index contributed by atoms with van der Waals surface area (Å²) >= 11 is 0. The highest BCUT2D eigenvalue weighted by Gasteiger charge is 2.58. The van der Waals surface area contributed by atoms with Crippen LogP contribution in [0.2, 0.25) is 0 Å². The van der Waals surface area contributed by atoms with E-state index in [9.17, 15) is 5.26 Å². The van der Waals surface area contributed by atoms with Gasteiger partial charge < -0.3 is 0 Å². The summed E-state index contributed by atoms with van der Waals surface area (Å²) in [4.78, 5) is 0. The van der Waals surface area contributed by atoms with Crippen molar-refractivity contribution in [1.82, 2.24) is 9.78 Å². The van der Waals surface area contributed by atoms with Crippen LogP contribution in [0.1, 0.15) is 129 Å². The van der Waals surface area contributed by atoms with Gasteiger partial charge in [0.2, 0.25) is 0 Å². The lowest BCUT2D eigenvalue weighted by Crippen LogP contribution is -2.50. The molecule has 0 aromatic carbocycles. The Morgan fingerprint density at radius 3 is 2.59 bits per heavy atom. The van der Waals surface area contributed by atoms with Gasteiger partial charge in [0.1, 0.15) is 6.07 Å². The fourth-order valence-corrected chi connectivity index (χ4v) is 10.4. The number of nitriles is 1. The van der Waals surface area contributed by atoms with Crippen molar-refractivity contribution in [3.05, 3.63) is 18.0 Å². The number of rotatable bonds is 7. The summed E-state index contributed by atoms with van der Waals surface area (Å²) in [5.74, 6) is 5.63. The van der Waals surface area contributed by atoms with E-state index in [4.69, 9.17) is 0 Å². The third-order valence-electron chi connectivity index (χ3n) is 11.9. The Hall–Kier alpha value is -1.30. The van der Waals surface area contributed by atoms with E-state index in [1.807, 2.05) is 6.20 Å². The minimum Gasteiger partial charge on any atom is -0.268 e. The molecule has 0 saturated heterocycles. The summed E-state index contributed by atoms with van der Waals surface area (Å²) in [5, 5.41) is 13.8. The predicted molar refractivity (Wildman–Crippen MR) is 139 cm³/mol. The zero-order valence-electron chi connectivity index (χ0n) is 22.4.